The van der Waals surface area contributed by atoms with E-state index in [1.807, 2.05) is 30.3 Å². The van der Waals surface area contributed by atoms with Crippen LogP contribution in [-0.4, -0.2) is 5.33 Å². The highest BCUT2D eigenvalue weighted by Crippen LogP contribution is 2.22. The minimum absolute atomic E-state index is 0.606. The Morgan fingerprint density at radius 1 is 1.25 bits per heavy atom. The maximum absolute atomic E-state index is 13.3. The molecule has 12 heavy (non-hydrogen) atoms. The van der Waals surface area contributed by atoms with Crippen molar-refractivity contribution in [3.05, 3.63) is 35.9 Å². The number of rotatable bonds is 4. The van der Waals surface area contributed by atoms with Crippen LogP contribution in [-0.2, 0) is 0 Å². The molecule has 0 heterocycles. The minimum Gasteiger partial charge on any atom is -0.242 e. The van der Waals surface area contributed by atoms with Gasteiger partial charge in [-0.25, -0.2) is 4.39 Å². The zero-order valence-corrected chi connectivity index (χ0v) is 8.43. The molecule has 0 aromatic heterocycles. The van der Waals surface area contributed by atoms with Crippen molar-refractivity contribution in [2.24, 2.45) is 0 Å². The van der Waals surface area contributed by atoms with Crippen molar-refractivity contribution in [3.8, 4) is 0 Å². The van der Waals surface area contributed by atoms with Gasteiger partial charge in [0.25, 0.3) is 0 Å². The van der Waals surface area contributed by atoms with Gasteiger partial charge in [-0.05, 0) is 18.4 Å². The van der Waals surface area contributed by atoms with Gasteiger partial charge in [-0.1, -0.05) is 46.3 Å². The molecule has 0 bridgehead atoms. The molecule has 0 aliphatic rings. The molecular formula is C10H12BrF. The SMILES string of the molecule is FC(CCCBr)c1ccccc1. The Bertz CT molecular complexity index is 210. The van der Waals surface area contributed by atoms with Crippen LogP contribution in [0.1, 0.15) is 24.6 Å². The number of hydrogen-bond acceptors (Lipinski definition) is 0. The zero-order chi connectivity index (χ0) is 8.81. The van der Waals surface area contributed by atoms with Gasteiger partial charge in [-0.2, -0.15) is 0 Å². The topological polar surface area (TPSA) is 0 Å². The van der Waals surface area contributed by atoms with Crippen molar-refractivity contribution >= 4 is 15.9 Å². The number of alkyl halides is 2. The second kappa shape index (κ2) is 5.31. The molecule has 0 aliphatic carbocycles. The molecule has 0 radical (unpaired) electrons. The summed E-state index contributed by atoms with van der Waals surface area (Å²) in [6.07, 6.45) is 0.689. The summed E-state index contributed by atoms with van der Waals surface area (Å²) in [5, 5.41) is 0.875. The van der Waals surface area contributed by atoms with E-state index >= 15 is 0 Å². The van der Waals surface area contributed by atoms with E-state index in [9.17, 15) is 4.39 Å². The van der Waals surface area contributed by atoms with Crippen molar-refractivity contribution in [2.45, 2.75) is 19.0 Å². The molecule has 0 fully saturated rings. The van der Waals surface area contributed by atoms with Crippen LogP contribution >= 0.6 is 15.9 Å². The number of halogens is 2. The summed E-state index contributed by atoms with van der Waals surface area (Å²) in [7, 11) is 0. The lowest BCUT2D eigenvalue weighted by molar-refractivity contribution is 0.322. The Balaban J connectivity index is 2.48. The Kier molecular flexibility index (Phi) is 4.30. The smallest absolute Gasteiger partial charge is 0.125 e. The van der Waals surface area contributed by atoms with Crippen LogP contribution in [0.4, 0.5) is 4.39 Å². The van der Waals surface area contributed by atoms with Crippen molar-refractivity contribution in [3.63, 3.8) is 0 Å². The Hall–Kier alpha value is -0.370. The lowest BCUT2D eigenvalue weighted by Gasteiger charge is -2.06. The molecule has 1 aromatic carbocycles. The maximum atomic E-state index is 13.3. The van der Waals surface area contributed by atoms with Gasteiger partial charge in [0.2, 0.25) is 0 Å². The molecule has 1 aromatic rings. The Morgan fingerprint density at radius 2 is 1.92 bits per heavy atom. The highest BCUT2D eigenvalue weighted by Gasteiger charge is 2.07. The highest BCUT2D eigenvalue weighted by atomic mass is 79.9. The molecular weight excluding hydrogens is 219 g/mol. The third-order valence-electron chi connectivity index (χ3n) is 1.75. The number of benzene rings is 1. The molecule has 0 aliphatic heterocycles. The molecule has 0 saturated carbocycles. The fourth-order valence-electron chi connectivity index (χ4n) is 1.08. The van der Waals surface area contributed by atoms with Crippen LogP contribution in [0, 0.1) is 0 Å². The van der Waals surface area contributed by atoms with Gasteiger partial charge in [-0.15, -0.1) is 0 Å². The summed E-state index contributed by atoms with van der Waals surface area (Å²) in [6, 6.07) is 9.31. The predicted molar refractivity (Wildman–Crippen MR) is 53.3 cm³/mol. The van der Waals surface area contributed by atoms with E-state index in [1.165, 1.54) is 0 Å². The van der Waals surface area contributed by atoms with E-state index in [1.54, 1.807) is 0 Å². The molecule has 1 rings (SSSR count). The monoisotopic (exact) mass is 230 g/mol. The molecule has 0 saturated heterocycles. The van der Waals surface area contributed by atoms with Crippen LogP contribution in [0.25, 0.3) is 0 Å². The van der Waals surface area contributed by atoms with Crippen LogP contribution in [0.15, 0.2) is 30.3 Å². The van der Waals surface area contributed by atoms with Gasteiger partial charge >= 0.3 is 0 Å². The second-order valence-electron chi connectivity index (χ2n) is 2.71. The molecule has 1 unspecified atom stereocenters. The van der Waals surface area contributed by atoms with E-state index in [0.717, 1.165) is 17.3 Å². The maximum Gasteiger partial charge on any atom is 0.125 e. The average Bonchev–Trinajstić information content (AvgIpc) is 2.15. The van der Waals surface area contributed by atoms with Crippen molar-refractivity contribution in [2.75, 3.05) is 5.33 Å². The van der Waals surface area contributed by atoms with Gasteiger partial charge < -0.3 is 0 Å². The van der Waals surface area contributed by atoms with Crippen LogP contribution in [0.2, 0.25) is 0 Å². The highest BCUT2D eigenvalue weighted by molar-refractivity contribution is 9.09. The van der Waals surface area contributed by atoms with Crippen molar-refractivity contribution in [1.29, 1.82) is 0 Å². The van der Waals surface area contributed by atoms with E-state index in [0.29, 0.717) is 6.42 Å². The largest absolute Gasteiger partial charge is 0.242 e. The molecule has 0 N–H and O–H groups in total. The quantitative estimate of drug-likeness (QED) is 0.690. The van der Waals surface area contributed by atoms with E-state index in [4.69, 9.17) is 0 Å². The van der Waals surface area contributed by atoms with Gasteiger partial charge in [0.05, 0.1) is 0 Å². The first-order valence-corrected chi connectivity index (χ1v) is 5.21. The van der Waals surface area contributed by atoms with Gasteiger partial charge in [0.1, 0.15) is 6.17 Å². The molecule has 0 spiro atoms. The second-order valence-corrected chi connectivity index (χ2v) is 3.50. The van der Waals surface area contributed by atoms with Crippen molar-refractivity contribution in [1.82, 2.24) is 0 Å². The molecule has 0 amide bonds. The molecule has 66 valence electrons. The lowest BCUT2D eigenvalue weighted by Crippen LogP contribution is -1.91. The van der Waals surface area contributed by atoms with E-state index < -0.39 is 6.17 Å². The predicted octanol–water partition coefficient (Wildman–Crippen LogP) is 3.87. The summed E-state index contributed by atoms with van der Waals surface area (Å²) < 4.78 is 13.3. The molecule has 2 heteroatoms. The van der Waals surface area contributed by atoms with Crippen LogP contribution in [0.3, 0.4) is 0 Å². The van der Waals surface area contributed by atoms with Gasteiger partial charge in [-0.3, -0.25) is 0 Å². The summed E-state index contributed by atoms with van der Waals surface area (Å²) >= 11 is 3.28. The standard InChI is InChI=1S/C10H12BrF/c11-8-4-7-10(12)9-5-2-1-3-6-9/h1-3,5-6,10H,4,7-8H2. The third-order valence-corrected chi connectivity index (χ3v) is 2.31. The summed E-state index contributed by atoms with van der Waals surface area (Å²) in [6.45, 7) is 0. The lowest BCUT2D eigenvalue weighted by atomic mass is 10.1. The fourth-order valence-corrected chi connectivity index (χ4v) is 1.41. The minimum atomic E-state index is -0.802. The first kappa shape index (κ1) is 9.72. The molecule has 1 atom stereocenters. The Labute approximate surface area is 80.9 Å². The number of hydrogen-bond donors (Lipinski definition) is 0. The fraction of sp³-hybridized carbons (Fsp3) is 0.400. The van der Waals surface area contributed by atoms with E-state index in [2.05, 4.69) is 15.9 Å². The van der Waals surface area contributed by atoms with E-state index in [-0.39, 0.29) is 0 Å². The molecule has 0 nitrogen and oxygen atoms in total. The zero-order valence-electron chi connectivity index (χ0n) is 6.84. The first-order chi connectivity index (χ1) is 5.84. The van der Waals surface area contributed by atoms with Crippen LogP contribution < -0.4 is 0 Å². The summed E-state index contributed by atoms with van der Waals surface area (Å²) in [5.41, 5.74) is 0.790. The van der Waals surface area contributed by atoms with Gasteiger partial charge in [0.15, 0.2) is 0 Å². The average molecular weight is 231 g/mol. The van der Waals surface area contributed by atoms with Gasteiger partial charge in [0, 0.05) is 5.33 Å². The third kappa shape index (κ3) is 2.94. The normalized spacial score (nSPS) is 12.8. The Morgan fingerprint density at radius 3 is 2.50 bits per heavy atom. The first-order valence-electron chi connectivity index (χ1n) is 4.09. The summed E-state index contributed by atoms with van der Waals surface area (Å²) in [5.74, 6) is 0. The van der Waals surface area contributed by atoms with Crippen molar-refractivity contribution < 1.29 is 4.39 Å². The summed E-state index contributed by atoms with van der Waals surface area (Å²) in [4.78, 5) is 0. The van der Waals surface area contributed by atoms with Crippen LogP contribution in [0.5, 0.6) is 0 Å².